The average molecular weight is 249 g/mol. The van der Waals surface area contributed by atoms with E-state index in [2.05, 4.69) is 4.99 Å². The molecular formula is C13H15NO4. The van der Waals surface area contributed by atoms with Crippen LogP contribution in [-0.2, 0) is 19.1 Å². The Morgan fingerprint density at radius 1 is 1.22 bits per heavy atom. The second-order valence-corrected chi connectivity index (χ2v) is 3.58. The first-order valence-corrected chi connectivity index (χ1v) is 5.43. The van der Waals surface area contributed by atoms with E-state index in [0.29, 0.717) is 5.56 Å². The molecule has 1 rings (SSSR count). The highest BCUT2D eigenvalue weighted by molar-refractivity contribution is 6.02. The molecule has 0 radical (unpaired) electrons. The molecule has 1 aromatic carbocycles. The molecule has 96 valence electrons. The lowest BCUT2D eigenvalue weighted by molar-refractivity contribution is -0.151. The zero-order chi connectivity index (χ0) is 13.5. The minimum Gasteiger partial charge on any atom is -0.480 e. The van der Waals surface area contributed by atoms with Crippen LogP contribution in [0.15, 0.2) is 35.3 Å². The van der Waals surface area contributed by atoms with Gasteiger partial charge in [0.2, 0.25) is 5.90 Å². The SMILES string of the molecule is COC(=NC(=O)C(C)OC(C)=O)c1ccccc1. The van der Waals surface area contributed by atoms with Crippen molar-refractivity contribution < 1.29 is 19.1 Å². The molecule has 5 heteroatoms. The lowest BCUT2D eigenvalue weighted by atomic mass is 10.2. The van der Waals surface area contributed by atoms with E-state index in [1.807, 2.05) is 18.2 Å². The van der Waals surface area contributed by atoms with Crippen molar-refractivity contribution in [1.29, 1.82) is 0 Å². The fourth-order valence-electron chi connectivity index (χ4n) is 1.30. The lowest BCUT2D eigenvalue weighted by Crippen LogP contribution is -2.23. The maximum atomic E-state index is 11.7. The summed E-state index contributed by atoms with van der Waals surface area (Å²) in [7, 11) is 1.43. The molecule has 1 aromatic rings. The number of aliphatic imine (C=N–C) groups is 1. The van der Waals surface area contributed by atoms with E-state index in [-0.39, 0.29) is 5.90 Å². The largest absolute Gasteiger partial charge is 0.480 e. The molecule has 0 saturated heterocycles. The third-order valence-corrected chi connectivity index (χ3v) is 2.12. The third-order valence-electron chi connectivity index (χ3n) is 2.12. The van der Waals surface area contributed by atoms with Crippen molar-refractivity contribution in [1.82, 2.24) is 0 Å². The first-order valence-electron chi connectivity index (χ1n) is 5.43. The number of amides is 1. The van der Waals surface area contributed by atoms with E-state index < -0.39 is 18.0 Å². The van der Waals surface area contributed by atoms with Crippen molar-refractivity contribution in [2.45, 2.75) is 20.0 Å². The summed E-state index contributed by atoms with van der Waals surface area (Å²) in [5.74, 6) is -0.893. The number of esters is 1. The summed E-state index contributed by atoms with van der Waals surface area (Å²) in [5, 5.41) is 0. The Balaban J connectivity index is 2.85. The van der Waals surface area contributed by atoms with Gasteiger partial charge in [-0.25, -0.2) is 0 Å². The molecule has 0 aliphatic rings. The van der Waals surface area contributed by atoms with Gasteiger partial charge in [0.15, 0.2) is 6.10 Å². The molecule has 0 heterocycles. The van der Waals surface area contributed by atoms with Gasteiger partial charge >= 0.3 is 5.97 Å². The summed E-state index contributed by atoms with van der Waals surface area (Å²) in [6.45, 7) is 2.70. The zero-order valence-corrected chi connectivity index (χ0v) is 10.5. The fraction of sp³-hybridized carbons (Fsp3) is 0.308. The molecule has 0 aromatic heterocycles. The van der Waals surface area contributed by atoms with Gasteiger partial charge in [-0.2, -0.15) is 4.99 Å². The van der Waals surface area contributed by atoms with Crippen LogP contribution in [0.1, 0.15) is 19.4 Å². The molecule has 18 heavy (non-hydrogen) atoms. The molecule has 0 spiro atoms. The van der Waals surface area contributed by atoms with Crippen LogP contribution >= 0.6 is 0 Å². The van der Waals surface area contributed by atoms with Crippen LogP contribution < -0.4 is 0 Å². The molecule has 0 aliphatic carbocycles. The number of benzene rings is 1. The van der Waals surface area contributed by atoms with E-state index in [0.717, 1.165) is 0 Å². The Labute approximate surface area is 105 Å². The van der Waals surface area contributed by atoms with Crippen LogP contribution in [0.3, 0.4) is 0 Å². The molecule has 0 saturated carbocycles. The van der Waals surface area contributed by atoms with Crippen molar-refractivity contribution in [3.05, 3.63) is 35.9 Å². The van der Waals surface area contributed by atoms with Crippen molar-refractivity contribution in [3.63, 3.8) is 0 Å². The van der Waals surface area contributed by atoms with Crippen molar-refractivity contribution in [3.8, 4) is 0 Å². The van der Waals surface area contributed by atoms with Crippen molar-refractivity contribution >= 4 is 17.8 Å². The van der Waals surface area contributed by atoms with E-state index >= 15 is 0 Å². The number of carbonyl (C=O) groups is 2. The monoisotopic (exact) mass is 249 g/mol. The summed E-state index contributed by atoms with van der Waals surface area (Å²) in [6, 6.07) is 9.01. The van der Waals surface area contributed by atoms with Gasteiger partial charge in [0.25, 0.3) is 5.91 Å². The van der Waals surface area contributed by atoms with Crippen LogP contribution in [-0.4, -0.2) is 31.0 Å². The van der Waals surface area contributed by atoms with Crippen molar-refractivity contribution in [2.75, 3.05) is 7.11 Å². The Morgan fingerprint density at radius 3 is 2.33 bits per heavy atom. The molecule has 1 amide bonds. The van der Waals surface area contributed by atoms with Crippen molar-refractivity contribution in [2.24, 2.45) is 4.99 Å². The number of hydrogen-bond donors (Lipinski definition) is 0. The predicted octanol–water partition coefficient (Wildman–Crippen LogP) is 1.56. The minimum atomic E-state index is -0.920. The molecule has 1 atom stereocenters. The van der Waals surface area contributed by atoms with Gasteiger partial charge in [0.1, 0.15) is 0 Å². The van der Waals surface area contributed by atoms with E-state index in [4.69, 9.17) is 9.47 Å². The van der Waals surface area contributed by atoms with Crippen LogP contribution in [0.4, 0.5) is 0 Å². The molecule has 0 fully saturated rings. The summed E-state index contributed by atoms with van der Waals surface area (Å²) >= 11 is 0. The summed E-state index contributed by atoms with van der Waals surface area (Å²) in [4.78, 5) is 26.2. The standard InChI is InChI=1S/C13H15NO4/c1-9(18-10(2)15)12(16)14-13(17-3)11-7-5-4-6-8-11/h4-9H,1-3H3. The maximum Gasteiger partial charge on any atom is 0.303 e. The lowest BCUT2D eigenvalue weighted by Gasteiger charge is -2.09. The number of ether oxygens (including phenoxy) is 2. The van der Waals surface area contributed by atoms with Crippen LogP contribution in [0.5, 0.6) is 0 Å². The topological polar surface area (TPSA) is 65.0 Å². The Morgan fingerprint density at radius 2 is 1.83 bits per heavy atom. The summed E-state index contributed by atoms with van der Waals surface area (Å²) in [5.41, 5.74) is 0.684. The number of nitrogens with zero attached hydrogens (tertiary/aromatic N) is 1. The fourth-order valence-corrected chi connectivity index (χ4v) is 1.30. The van der Waals surface area contributed by atoms with E-state index in [9.17, 15) is 9.59 Å². The van der Waals surface area contributed by atoms with Gasteiger partial charge < -0.3 is 9.47 Å². The number of rotatable bonds is 3. The first-order chi connectivity index (χ1) is 8.54. The molecule has 0 aliphatic heterocycles. The smallest absolute Gasteiger partial charge is 0.303 e. The number of hydrogen-bond acceptors (Lipinski definition) is 4. The zero-order valence-electron chi connectivity index (χ0n) is 10.5. The maximum absolute atomic E-state index is 11.7. The van der Waals surface area contributed by atoms with Gasteiger partial charge in [0, 0.05) is 12.5 Å². The quantitative estimate of drug-likeness (QED) is 0.463. The number of methoxy groups -OCH3 is 1. The third kappa shape index (κ3) is 4.01. The Kier molecular flexibility index (Phi) is 5.05. The Bertz CT molecular complexity index is 453. The van der Waals surface area contributed by atoms with Gasteiger partial charge in [-0.05, 0) is 19.1 Å². The molecule has 1 unspecified atom stereocenters. The number of carbonyl (C=O) groups excluding carboxylic acids is 2. The van der Waals surface area contributed by atoms with E-state index in [1.165, 1.54) is 21.0 Å². The Hall–Kier alpha value is -2.17. The highest BCUT2D eigenvalue weighted by atomic mass is 16.5. The van der Waals surface area contributed by atoms with Gasteiger partial charge in [-0.3, -0.25) is 9.59 Å². The van der Waals surface area contributed by atoms with Gasteiger partial charge in [-0.15, -0.1) is 0 Å². The molecule has 5 nitrogen and oxygen atoms in total. The van der Waals surface area contributed by atoms with Crippen LogP contribution in [0.25, 0.3) is 0 Å². The normalized spacial score (nSPS) is 12.7. The highest BCUT2D eigenvalue weighted by Gasteiger charge is 2.16. The highest BCUT2D eigenvalue weighted by Crippen LogP contribution is 2.04. The van der Waals surface area contributed by atoms with Crippen LogP contribution in [0, 0.1) is 0 Å². The summed E-state index contributed by atoms with van der Waals surface area (Å²) < 4.78 is 9.79. The average Bonchev–Trinajstić information content (AvgIpc) is 2.35. The molecular weight excluding hydrogens is 234 g/mol. The minimum absolute atomic E-state index is 0.194. The molecule has 0 bridgehead atoms. The van der Waals surface area contributed by atoms with E-state index in [1.54, 1.807) is 12.1 Å². The van der Waals surface area contributed by atoms with Crippen LogP contribution in [0.2, 0.25) is 0 Å². The van der Waals surface area contributed by atoms with Gasteiger partial charge in [0.05, 0.1) is 7.11 Å². The second-order valence-electron chi connectivity index (χ2n) is 3.58. The summed E-state index contributed by atoms with van der Waals surface area (Å²) in [6.07, 6.45) is -0.920. The predicted molar refractivity (Wildman–Crippen MR) is 66.2 cm³/mol. The second kappa shape index (κ2) is 6.54. The first kappa shape index (κ1) is 13.9. The van der Waals surface area contributed by atoms with Gasteiger partial charge in [-0.1, -0.05) is 18.2 Å². The molecule has 0 N–H and O–H groups in total.